The third-order valence-corrected chi connectivity index (χ3v) is 6.84. The molecule has 1 atom stereocenters. The molecule has 0 spiro atoms. The Labute approximate surface area is 183 Å². The van der Waals surface area contributed by atoms with E-state index in [0.717, 1.165) is 37.8 Å². The van der Waals surface area contributed by atoms with Gasteiger partial charge in [-0.1, -0.05) is 6.08 Å². The third-order valence-electron chi connectivity index (χ3n) is 5.00. The number of sulfone groups is 1. The predicted octanol–water partition coefficient (Wildman–Crippen LogP) is 2.13. The van der Waals surface area contributed by atoms with Crippen molar-refractivity contribution in [2.45, 2.75) is 6.42 Å². The third kappa shape index (κ3) is 6.33. The molecule has 1 aromatic carbocycles. The summed E-state index contributed by atoms with van der Waals surface area (Å²) >= 11 is 0. The van der Waals surface area contributed by atoms with Crippen molar-refractivity contribution >= 4 is 45.5 Å². The van der Waals surface area contributed by atoms with Crippen molar-refractivity contribution in [1.29, 1.82) is 0 Å². The van der Waals surface area contributed by atoms with E-state index in [1.807, 2.05) is 0 Å². The Bertz CT molecular complexity index is 778. The van der Waals surface area contributed by atoms with Gasteiger partial charge in [0, 0.05) is 45.0 Å². The molecule has 2 aliphatic rings. The summed E-state index contributed by atoms with van der Waals surface area (Å²) in [7, 11) is -2.88. The number of hydrogen-bond acceptors (Lipinski definition) is 4. The van der Waals surface area contributed by atoms with Crippen LogP contribution in [0, 0.1) is 11.7 Å². The molecule has 0 amide bonds. The highest BCUT2D eigenvalue weighted by Crippen LogP contribution is 2.19. The lowest BCUT2D eigenvalue weighted by Crippen LogP contribution is -2.52. The highest BCUT2D eigenvalue weighted by atomic mass is 127. The molecule has 6 nitrogen and oxygen atoms in total. The van der Waals surface area contributed by atoms with Gasteiger partial charge in [-0.25, -0.2) is 12.8 Å². The second-order valence-corrected chi connectivity index (χ2v) is 9.28. The molecule has 2 heterocycles. The minimum Gasteiger partial charge on any atom is -0.368 e. The van der Waals surface area contributed by atoms with E-state index in [4.69, 9.17) is 4.99 Å². The number of piperazine rings is 1. The Morgan fingerprint density at radius 3 is 2.50 bits per heavy atom. The summed E-state index contributed by atoms with van der Waals surface area (Å²) < 4.78 is 36.4. The Balaban J connectivity index is 0.00000280. The van der Waals surface area contributed by atoms with Gasteiger partial charge < -0.3 is 15.1 Å². The van der Waals surface area contributed by atoms with Crippen LogP contribution >= 0.6 is 24.0 Å². The van der Waals surface area contributed by atoms with Crippen molar-refractivity contribution in [2.75, 3.05) is 55.7 Å². The molecule has 3 rings (SSSR count). The summed E-state index contributed by atoms with van der Waals surface area (Å²) in [5.74, 6) is 1.20. The average molecular weight is 522 g/mol. The number of aliphatic imine (C=N–C) groups is 1. The van der Waals surface area contributed by atoms with Gasteiger partial charge in [-0.05, 0) is 36.6 Å². The van der Waals surface area contributed by atoms with E-state index < -0.39 is 9.84 Å². The van der Waals surface area contributed by atoms with Crippen LogP contribution in [-0.2, 0) is 9.84 Å². The summed E-state index contributed by atoms with van der Waals surface area (Å²) in [6.45, 7) is 8.10. The van der Waals surface area contributed by atoms with Crippen LogP contribution in [0.15, 0.2) is 41.9 Å². The first-order valence-electron chi connectivity index (χ1n) is 9.32. The molecule has 9 heteroatoms. The quantitative estimate of drug-likeness (QED) is 0.278. The summed E-state index contributed by atoms with van der Waals surface area (Å²) in [6.07, 6.45) is 2.48. The number of nitrogens with one attached hydrogen (secondary N) is 1. The average Bonchev–Trinajstić information content (AvgIpc) is 3.02. The number of anilines is 1. The van der Waals surface area contributed by atoms with Gasteiger partial charge in [0.15, 0.2) is 15.8 Å². The van der Waals surface area contributed by atoms with Crippen molar-refractivity contribution < 1.29 is 12.8 Å². The van der Waals surface area contributed by atoms with Crippen LogP contribution < -0.4 is 10.2 Å². The summed E-state index contributed by atoms with van der Waals surface area (Å²) in [6, 6.07) is 6.57. The molecular formula is C19H28FIN4O2S. The maximum atomic E-state index is 13.1. The molecule has 0 radical (unpaired) electrons. The van der Waals surface area contributed by atoms with E-state index >= 15 is 0 Å². The standard InChI is InChI=1S/C19H27FN4O2S.HI/c1-2-8-21-19(22-14-16-7-13-27(25,26)15-16)24-11-9-23(10-12-24)18-5-3-17(20)4-6-18;/h2-6,16H,1,7-15H2,(H,21,22);1H. The molecule has 0 saturated carbocycles. The molecule has 1 aromatic rings. The SMILES string of the molecule is C=CCNC(=NCC1CCS(=O)(=O)C1)N1CCN(c2ccc(F)cc2)CC1.I. The van der Waals surface area contributed by atoms with Gasteiger partial charge in [0.25, 0.3) is 0 Å². The second kappa shape index (κ2) is 10.4. The lowest BCUT2D eigenvalue weighted by molar-refractivity contribution is 0.372. The number of guanidine groups is 1. The van der Waals surface area contributed by atoms with Crippen LogP contribution in [0.4, 0.5) is 10.1 Å². The van der Waals surface area contributed by atoms with Crippen molar-refractivity contribution in [2.24, 2.45) is 10.9 Å². The lowest BCUT2D eigenvalue weighted by Gasteiger charge is -2.37. The predicted molar refractivity (Wildman–Crippen MR) is 123 cm³/mol. The summed E-state index contributed by atoms with van der Waals surface area (Å²) in [4.78, 5) is 9.11. The Morgan fingerprint density at radius 2 is 1.93 bits per heavy atom. The van der Waals surface area contributed by atoms with Crippen LogP contribution in [-0.4, -0.2) is 70.1 Å². The molecule has 0 aliphatic carbocycles. The van der Waals surface area contributed by atoms with Crippen molar-refractivity contribution in [3.8, 4) is 0 Å². The van der Waals surface area contributed by atoms with Crippen LogP contribution in [0.3, 0.4) is 0 Å². The Hall–Kier alpha value is -1.36. The Morgan fingerprint density at radius 1 is 1.25 bits per heavy atom. The fourth-order valence-corrected chi connectivity index (χ4v) is 5.34. The second-order valence-electron chi connectivity index (χ2n) is 7.05. The van der Waals surface area contributed by atoms with Gasteiger partial charge >= 0.3 is 0 Å². The van der Waals surface area contributed by atoms with E-state index in [2.05, 4.69) is 21.7 Å². The number of rotatable bonds is 5. The summed E-state index contributed by atoms with van der Waals surface area (Å²) in [5.41, 5.74) is 1.02. The van der Waals surface area contributed by atoms with E-state index in [9.17, 15) is 12.8 Å². The topological polar surface area (TPSA) is 65.0 Å². The smallest absolute Gasteiger partial charge is 0.194 e. The highest BCUT2D eigenvalue weighted by molar-refractivity contribution is 14.0. The lowest BCUT2D eigenvalue weighted by atomic mass is 10.1. The van der Waals surface area contributed by atoms with E-state index in [1.54, 1.807) is 18.2 Å². The largest absolute Gasteiger partial charge is 0.368 e. The minimum absolute atomic E-state index is 0. The normalized spacial score (nSPS) is 21.9. The van der Waals surface area contributed by atoms with Gasteiger partial charge in [0.1, 0.15) is 5.82 Å². The first-order valence-corrected chi connectivity index (χ1v) is 11.1. The maximum Gasteiger partial charge on any atom is 0.194 e. The molecule has 2 saturated heterocycles. The number of benzene rings is 1. The summed E-state index contributed by atoms with van der Waals surface area (Å²) in [5, 5.41) is 3.29. The maximum absolute atomic E-state index is 13.1. The molecular weight excluding hydrogens is 494 g/mol. The van der Waals surface area contributed by atoms with E-state index in [1.165, 1.54) is 12.1 Å². The fraction of sp³-hybridized carbons (Fsp3) is 0.526. The van der Waals surface area contributed by atoms with Crippen LogP contribution in [0.2, 0.25) is 0 Å². The zero-order chi connectivity index (χ0) is 19.3. The Kier molecular flexibility index (Phi) is 8.54. The highest BCUT2D eigenvalue weighted by Gasteiger charge is 2.28. The molecule has 1 N–H and O–H groups in total. The first kappa shape index (κ1) is 22.9. The van der Waals surface area contributed by atoms with Crippen LogP contribution in [0.1, 0.15) is 6.42 Å². The van der Waals surface area contributed by atoms with Crippen LogP contribution in [0.5, 0.6) is 0 Å². The molecule has 156 valence electrons. The zero-order valence-electron chi connectivity index (χ0n) is 15.9. The van der Waals surface area contributed by atoms with Crippen molar-refractivity contribution in [3.05, 3.63) is 42.7 Å². The molecule has 28 heavy (non-hydrogen) atoms. The van der Waals surface area contributed by atoms with Gasteiger partial charge in [-0.2, -0.15) is 0 Å². The van der Waals surface area contributed by atoms with Gasteiger partial charge in [0.05, 0.1) is 11.5 Å². The molecule has 1 unspecified atom stereocenters. The minimum atomic E-state index is -2.88. The number of nitrogens with zero attached hydrogens (tertiary/aromatic N) is 3. The zero-order valence-corrected chi connectivity index (χ0v) is 19.0. The number of hydrogen-bond donors (Lipinski definition) is 1. The van der Waals surface area contributed by atoms with E-state index in [-0.39, 0.29) is 47.2 Å². The number of halogens is 2. The van der Waals surface area contributed by atoms with Gasteiger partial charge in [-0.15, -0.1) is 30.6 Å². The molecule has 0 aromatic heterocycles. The van der Waals surface area contributed by atoms with Crippen molar-refractivity contribution in [1.82, 2.24) is 10.2 Å². The molecule has 0 bridgehead atoms. The molecule has 2 fully saturated rings. The first-order chi connectivity index (χ1) is 13.0. The van der Waals surface area contributed by atoms with Crippen molar-refractivity contribution in [3.63, 3.8) is 0 Å². The monoisotopic (exact) mass is 522 g/mol. The fourth-order valence-electron chi connectivity index (χ4n) is 3.49. The van der Waals surface area contributed by atoms with Gasteiger partial charge in [0.2, 0.25) is 0 Å². The molecule has 2 aliphatic heterocycles. The van der Waals surface area contributed by atoms with Crippen LogP contribution in [0.25, 0.3) is 0 Å². The van der Waals surface area contributed by atoms with Gasteiger partial charge in [-0.3, -0.25) is 4.99 Å². The van der Waals surface area contributed by atoms with E-state index in [0.29, 0.717) is 19.5 Å².